The smallest absolute Gasteiger partial charge is 0.319 e. The van der Waals surface area contributed by atoms with Crippen molar-refractivity contribution in [2.24, 2.45) is 5.73 Å². The van der Waals surface area contributed by atoms with E-state index in [-0.39, 0.29) is 17.6 Å². The summed E-state index contributed by atoms with van der Waals surface area (Å²) in [5.74, 6) is 0.380. The molecule has 11 nitrogen and oxygen atoms in total. The van der Waals surface area contributed by atoms with E-state index < -0.39 is 0 Å². The molecule has 0 radical (unpaired) electrons. The molecule has 1 aromatic carbocycles. The van der Waals surface area contributed by atoms with Crippen LogP contribution in [0.15, 0.2) is 36.9 Å². The normalized spacial score (nSPS) is 12.7. The average molecular weight is 526 g/mol. The van der Waals surface area contributed by atoms with Crippen molar-refractivity contribution >= 4 is 28.7 Å². The molecule has 0 fully saturated rings. The Labute approximate surface area is 225 Å². The Bertz CT molecular complexity index is 1140. The maximum atomic E-state index is 12.4. The summed E-state index contributed by atoms with van der Waals surface area (Å²) in [5.41, 5.74) is 15.1. The van der Waals surface area contributed by atoms with E-state index >= 15 is 0 Å². The van der Waals surface area contributed by atoms with Gasteiger partial charge in [0.2, 0.25) is 0 Å². The fourth-order valence-electron chi connectivity index (χ4n) is 4.26. The Morgan fingerprint density at radius 3 is 2.55 bits per heavy atom. The minimum absolute atomic E-state index is 0.0248. The maximum absolute atomic E-state index is 12.4. The van der Waals surface area contributed by atoms with Gasteiger partial charge < -0.3 is 36.3 Å². The lowest BCUT2D eigenvalue weighted by Crippen LogP contribution is -2.38. The molecule has 1 unspecified atom stereocenters. The van der Waals surface area contributed by atoms with Crippen molar-refractivity contribution in [3.63, 3.8) is 0 Å². The van der Waals surface area contributed by atoms with Crippen LogP contribution < -0.4 is 22.1 Å². The number of nitrogens with zero attached hydrogens (tertiary/aromatic N) is 5. The van der Waals surface area contributed by atoms with Crippen molar-refractivity contribution in [3.8, 4) is 0 Å². The number of hydrogen-bond acceptors (Lipinski definition) is 8. The maximum Gasteiger partial charge on any atom is 0.319 e. The third kappa shape index (κ3) is 8.64. The predicted molar refractivity (Wildman–Crippen MR) is 152 cm³/mol. The Balaban J connectivity index is 1.44. The number of hydrogen-bond donors (Lipinski definition) is 4. The summed E-state index contributed by atoms with van der Waals surface area (Å²) in [5, 5.41) is 5.86. The van der Waals surface area contributed by atoms with E-state index in [1.807, 2.05) is 16.7 Å². The number of aromatic nitrogens is 4. The zero-order chi connectivity index (χ0) is 27.5. The number of rotatable bonds is 14. The van der Waals surface area contributed by atoms with Gasteiger partial charge >= 0.3 is 6.03 Å². The SMILES string of the molecule is COC(CCn1cnc2c(N)ncnc21)CN(CCCN)CCCNC(=O)Nc1ccc(C(C)(C)C)cc1. The van der Waals surface area contributed by atoms with Crippen LogP contribution in [-0.4, -0.2) is 76.4 Å². The summed E-state index contributed by atoms with van der Waals surface area (Å²) >= 11 is 0. The Morgan fingerprint density at radius 1 is 1.13 bits per heavy atom. The molecule has 2 aromatic heterocycles. The van der Waals surface area contributed by atoms with Gasteiger partial charge in [0.25, 0.3) is 0 Å². The summed E-state index contributed by atoms with van der Waals surface area (Å²) in [4.78, 5) is 27.3. The highest BCUT2D eigenvalue weighted by Crippen LogP contribution is 2.23. The first-order valence-corrected chi connectivity index (χ1v) is 13.2. The number of fused-ring (bicyclic) bond motifs is 1. The highest BCUT2D eigenvalue weighted by atomic mass is 16.5. The Kier molecular flexibility index (Phi) is 10.8. The molecule has 38 heavy (non-hydrogen) atoms. The van der Waals surface area contributed by atoms with Crippen LogP contribution in [0.3, 0.4) is 0 Å². The second-order valence-electron chi connectivity index (χ2n) is 10.5. The van der Waals surface area contributed by atoms with Gasteiger partial charge in [-0.15, -0.1) is 0 Å². The predicted octanol–water partition coefficient (Wildman–Crippen LogP) is 2.97. The van der Waals surface area contributed by atoms with Crippen LogP contribution in [0, 0.1) is 0 Å². The molecule has 0 saturated carbocycles. The minimum Gasteiger partial charge on any atom is -0.382 e. The van der Waals surface area contributed by atoms with Gasteiger partial charge in [-0.25, -0.2) is 19.7 Å². The number of amides is 2. The van der Waals surface area contributed by atoms with Gasteiger partial charge in [0.15, 0.2) is 11.5 Å². The molecule has 208 valence electrons. The second kappa shape index (κ2) is 14.0. The lowest BCUT2D eigenvalue weighted by molar-refractivity contribution is 0.0544. The first-order chi connectivity index (χ1) is 18.2. The van der Waals surface area contributed by atoms with Crippen LogP contribution in [0.2, 0.25) is 0 Å². The van der Waals surface area contributed by atoms with Crippen molar-refractivity contribution in [3.05, 3.63) is 42.5 Å². The lowest BCUT2D eigenvalue weighted by atomic mass is 9.87. The molecule has 0 aliphatic rings. The molecule has 0 aliphatic heterocycles. The zero-order valence-corrected chi connectivity index (χ0v) is 23.1. The summed E-state index contributed by atoms with van der Waals surface area (Å²) < 4.78 is 7.77. The van der Waals surface area contributed by atoms with Crippen LogP contribution in [0.25, 0.3) is 11.2 Å². The number of carbonyl (C=O) groups excluding carboxylic acids is 1. The number of anilines is 2. The topological polar surface area (TPSA) is 149 Å². The number of nitrogens with two attached hydrogens (primary N) is 2. The monoisotopic (exact) mass is 525 g/mol. The van der Waals surface area contributed by atoms with Crippen molar-refractivity contribution in [1.29, 1.82) is 0 Å². The number of urea groups is 1. The van der Waals surface area contributed by atoms with E-state index in [4.69, 9.17) is 16.2 Å². The molecular weight excluding hydrogens is 482 g/mol. The highest BCUT2D eigenvalue weighted by Gasteiger charge is 2.16. The van der Waals surface area contributed by atoms with Gasteiger partial charge in [0, 0.05) is 32.4 Å². The summed E-state index contributed by atoms with van der Waals surface area (Å²) in [6.45, 7) is 10.9. The largest absolute Gasteiger partial charge is 0.382 e. The molecule has 2 amide bonds. The molecule has 0 aliphatic carbocycles. The first kappa shape index (κ1) is 29.3. The van der Waals surface area contributed by atoms with Gasteiger partial charge in [-0.2, -0.15) is 0 Å². The van der Waals surface area contributed by atoms with Crippen LogP contribution >= 0.6 is 0 Å². The van der Waals surface area contributed by atoms with E-state index in [9.17, 15) is 4.79 Å². The van der Waals surface area contributed by atoms with Crippen LogP contribution in [0.1, 0.15) is 45.6 Å². The zero-order valence-electron chi connectivity index (χ0n) is 23.1. The van der Waals surface area contributed by atoms with E-state index in [1.165, 1.54) is 11.9 Å². The number of nitrogens with one attached hydrogen (secondary N) is 2. The number of imidazole rings is 1. The molecule has 0 saturated heterocycles. The molecule has 3 aromatic rings. The number of methoxy groups -OCH3 is 1. The van der Waals surface area contributed by atoms with Crippen molar-refractivity contribution in [1.82, 2.24) is 29.7 Å². The standard InChI is InChI=1S/C27H43N9O2/c1-27(2,3)20-7-9-21(10-8-20)34-26(37)30-13-6-15-35(14-5-12-28)17-22(38-4)11-16-36-19-33-23-24(29)31-18-32-25(23)36/h7-10,18-19,22H,5-6,11-17,28H2,1-4H3,(H2,29,31,32)(H2,30,34,37). The van der Waals surface area contributed by atoms with E-state index in [2.05, 4.69) is 63.4 Å². The quantitative estimate of drug-likeness (QED) is 0.235. The molecule has 0 spiro atoms. The van der Waals surface area contributed by atoms with E-state index in [0.29, 0.717) is 31.0 Å². The Hall–Kier alpha value is -3.28. The van der Waals surface area contributed by atoms with Crippen LogP contribution in [0.4, 0.5) is 16.3 Å². The van der Waals surface area contributed by atoms with Gasteiger partial charge in [0.05, 0.1) is 12.4 Å². The third-order valence-corrected chi connectivity index (χ3v) is 6.54. The van der Waals surface area contributed by atoms with Crippen molar-refractivity contribution < 1.29 is 9.53 Å². The van der Waals surface area contributed by atoms with Gasteiger partial charge in [-0.3, -0.25) is 0 Å². The number of carbonyl (C=O) groups is 1. The van der Waals surface area contributed by atoms with E-state index in [0.717, 1.165) is 50.2 Å². The summed E-state index contributed by atoms with van der Waals surface area (Å²) in [6, 6.07) is 7.78. The number of aryl methyl sites for hydroxylation is 1. The molecule has 1 atom stereocenters. The number of benzene rings is 1. The highest BCUT2D eigenvalue weighted by molar-refractivity contribution is 5.89. The van der Waals surface area contributed by atoms with Crippen molar-refractivity contribution in [2.75, 3.05) is 50.9 Å². The van der Waals surface area contributed by atoms with Gasteiger partial charge in [-0.05, 0) is 62.0 Å². The fourth-order valence-corrected chi connectivity index (χ4v) is 4.26. The van der Waals surface area contributed by atoms with Gasteiger partial charge in [0.1, 0.15) is 11.8 Å². The van der Waals surface area contributed by atoms with Crippen molar-refractivity contribution in [2.45, 2.75) is 58.1 Å². The van der Waals surface area contributed by atoms with Crippen LogP contribution in [-0.2, 0) is 16.7 Å². The molecule has 0 bridgehead atoms. The summed E-state index contributed by atoms with van der Waals surface area (Å²) in [7, 11) is 1.73. The lowest BCUT2D eigenvalue weighted by Gasteiger charge is -2.27. The van der Waals surface area contributed by atoms with E-state index in [1.54, 1.807) is 13.4 Å². The molecule has 6 N–H and O–H groups in total. The average Bonchev–Trinajstić information content (AvgIpc) is 3.31. The first-order valence-electron chi connectivity index (χ1n) is 13.2. The van der Waals surface area contributed by atoms with Crippen LogP contribution in [0.5, 0.6) is 0 Å². The number of nitrogen functional groups attached to an aromatic ring is 1. The Morgan fingerprint density at radius 2 is 1.87 bits per heavy atom. The third-order valence-electron chi connectivity index (χ3n) is 6.54. The fraction of sp³-hybridized carbons (Fsp3) is 0.556. The molecule has 3 rings (SSSR count). The number of ether oxygens (including phenoxy) is 1. The summed E-state index contributed by atoms with van der Waals surface area (Å²) in [6.07, 6.45) is 5.73. The molecule has 11 heteroatoms. The van der Waals surface area contributed by atoms with Gasteiger partial charge in [-0.1, -0.05) is 32.9 Å². The second-order valence-corrected chi connectivity index (χ2v) is 10.5. The minimum atomic E-state index is -0.200. The molecular formula is C27H43N9O2. The molecule has 2 heterocycles.